The summed E-state index contributed by atoms with van der Waals surface area (Å²) in [6, 6.07) is 10.0. The van der Waals surface area contributed by atoms with Crippen molar-refractivity contribution in [3.05, 3.63) is 40.1 Å². The number of hydrogen-bond donors (Lipinski definition) is 1. The molecule has 0 aliphatic rings. The lowest BCUT2D eigenvalue weighted by Crippen LogP contribution is -1.95. The van der Waals surface area contributed by atoms with Crippen LogP contribution < -0.4 is 5.32 Å². The summed E-state index contributed by atoms with van der Waals surface area (Å²) >= 11 is 3.81. The van der Waals surface area contributed by atoms with E-state index in [1.807, 2.05) is 24.5 Å². The average Bonchev–Trinajstić information content (AvgIpc) is 2.32. The molecule has 0 aliphatic heterocycles. The summed E-state index contributed by atoms with van der Waals surface area (Å²) in [5.41, 5.74) is 1.03. The molecule has 1 heterocycles. The van der Waals surface area contributed by atoms with Crippen LogP contribution in [0.1, 0.15) is 0 Å². The van der Waals surface area contributed by atoms with Crippen molar-refractivity contribution < 1.29 is 0 Å². The van der Waals surface area contributed by atoms with Crippen molar-refractivity contribution in [2.24, 2.45) is 0 Å². The van der Waals surface area contributed by atoms with E-state index < -0.39 is 0 Å². The fourth-order valence-corrected chi connectivity index (χ4v) is 1.91. The smallest absolute Gasteiger partial charge is 0.189 e. The van der Waals surface area contributed by atoms with Crippen molar-refractivity contribution in [2.75, 3.05) is 11.6 Å². The third-order valence-corrected chi connectivity index (χ3v) is 3.21. The number of anilines is 2. The lowest BCUT2D eigenvalue weighted by atomic mass is 10.3. The summed E-state index contributed by atoms with van der Waals surface area (Å²) in [6.07, 6.45) is 3.72. The minimum absolute atomic E-state index is 0. The van der Waals surface area contributed by atoms with Crippen molar-refractivity contribution in [3.8, 4) is 0 Å². The number of halogens is 2. The Morgan fingerprint density at radius 2 is 1.88 bits per heavy atom. The van der Waals surface area contributed by atoms with Gasteiger partial charge < -0.3 is 5.32 Å². The molecule has 0 saturated carbocycles. The maximum Gasteiger partial charge on any atom is 0.189 e. The van der Waals surface area contributed by atoms with E-state index in [4.69, 9.17) is 0 Å². The number of hydrogen-bond acceptors (Lipinski definition) is 4. The van der Waals surface area contributed by atoms with E-state index >= 15 is 0 Å². The quantitative estimate of drug-likeness (QED) is 0.497. The molecular weight excluding hydrogens is 369 g/mol. The van der Waals surface area contributed by atoms with E-state index in [1.54, 1.807) is 6.20 Å². The van der Waals surface area contributed by atoms with Gasteiger partial charge in [-0.05, 0) is 59.2 Å². The third-order valence-electron chi connectivity index (χ3n) is 1.93. The second-order valence-corrected chi connectivity index (χ2v) is 5.08. The van der Waals surface area contributed by atoms with E-state index in [0.717, 1.165) is 16.7 Å². The SMILES string of the molecule is CSc1nccc(Nc2ccc(I)cc2)n1.Cl. The van der Waals surface area contributed by atoms with Gasteiger partial charge in [-0.3, -0.25) is 0 Å². The largest absolute Gasteiger partial charge is 0.340 e. The highest BCUT2D eigenvalue weighted by molar-refractivity contribution is 14.1. The summed E-state index contributed by atoms with van der Waals surface area (Å²) in [5, 5.41) is 4.01. The fourth-order valence-electron chi connectivity index (χ4n) is 1.19. The highest BCUT2D eigenvalue weighted by Gasteiger charge is 1.98. The van der Waals surface area contributed by atoms with E-state index in [1.165, 1.54) is 15.3 Å². The molecule has 3 nitrogen and oxygen atoms in total. The van der Waals surface area contributed by atoms with Crippen LogP contribution in [-0.4, -0.2) is 16.2 Å². The molecule has 1 N–H and O–H groups in total. The van der Waals surface area contributed by atoms with Crippen LogP contribution in [0.3, 0.4) is 0 Å². The molecule has 2 rings (SSSR count). The van der Waals surface area contributed by atoms with Crippen LogP contribution in [0, 0.1) is 3.57 Å². The van der Waals surface area contributed by atoms with Gasteiger partial charge in [-0.1, -0.05) is 11.8 Å². The molecule has 17 heavy (non-hydrogen) atoms. The Balaban J connectivity index is 0.00000144. The summed E-state index contributed by atoms with van der Waals surface area (Å²) in [7, 11) is 0. The van der Waals surface area contributed by atoms with Crippen molar-refractivity contribution in [2.45, 2.75) is 5.16 Å². The van der Waals surface area contributed by atoms with E-state index in [2.05, 4.69) is 50.0 Å². The predicted molar refractivity (Wildman–Crippen MR) is 83.5 cm³/mol. The molecule has 0 saturated heterocycles. The fraction of sp³-hybridized carbons (Fsp3) is 0.0909. The van der Waals surface area contributed by atoms with Gasteiger partial charge in [0.1, 0.15) is 5.82 Å². The third kappa shape index (κ3) is 4.33. The molecule has 0 amide bonds. The monoisotopic (exact) mass is 379 g/mol. The zero-order valence-corrected chi connectivity index (χ0v) is 12.8. The van der Waals surface area contributed by atoms with E-state index in [0.29, 0.717) is 0 Å². The number of aromatic nitrogens is 2. The number of thioether (sulfide) groups is 1. The van der Waals surface area contributed by atoms with Crippen LogP contribution in [0.25, 0.3) is 0 Å². The van der Waals surface area contributed by atoms with Crippen molar-refractivity contribution in [1.82, 2.24) is 9.97 Å². The maximum absolute atomic E-state index is 4.35. The van der Waals surface area contributed by atoms with Crippen LogP contribution in [-0.2, 0) is 0 Å². The van der Waals surface area contributed by atoms with Crippen molar-refractivity contribution in [1.29, 1.82) is 0 Å². The zero-order chi connectivity index (χ0) is 11.4. The second-order valence-electron chi connectivity index (χ2n) is 3.06. The highest BCUT2D eigenvalue weighted by Crippen LogP contribution is 2.17. The van der Waals surface area contributed by atoms with Gasteiger partial charge >= 0.3 is 0 Å². The number of nitrogens with zero attached hydrogens (tertiary/aromatic N) is 2. The van der Waals surface area contributed by atoms with Crippen LogP contribution in [0.2, 0.25) is 0 Å². The minimum Gasteiger partial charge on any atom is -0.340 e. The first kappa shape index (κ1) is 14.5. The first-order valence-electron chi connectivity index (χ1n) is 4.67. The van der Waals surface area contributed by atoms with Gasteiger partial charge in [-0.15, -0.1) is 12.4 Å². The first-order valence-corrected chi connectivity index (χ1v) is 6.98. The lowest BCUT2D eigenvalue weighted by Gasteiger charge is -2.05. The van der Waals surface area contributed by atoms with Crippen molar-refractivity contribution >= 4 is 58.3 Å². The Morgan fingerprint density at radius 3 is 2.53 bits per heavy atom. The molecule has 0 atom stereocenters. The zero-order valence-electron chi connectivity index (χ0n) is 9.05. The van der Waals surface area contributed by atoms with Crippen LogP contribution in [0.15, 0.2) is 41.7 Å². The molecule has 0 aliphatic carbocycles. The normalized spacial score (nSPS) is 9.53. The Hall–Kier alpha value is -0.530. The molecule has 0 unspecified atom stereocenters. The van der Waals surface area contributed by atoms with Gasteiger partial charge in [0, 0.05) is 15.5 Å². The molecule has 0 spiro atoms. The molecule has 0 radical (unpaired) electrons. The topological polar surface area (TPSA) is 37.8 Å². The second kappa shape index (κ2) is 7.03. The maximum atomic E-state index is 4.35. The van der Waals surface area contributed by atoms with Gasteiger partial charge in [0.2, 0.25) is 0 Å². The van der Waals surface area contributed by atoms with Crippen molar-refractivity contribution in [3.63, 3.8) is 0 Å². The van der Waals surface area contributed by atoms with Gasteiger partial charge in [-0.2, -0.15) is 0 Å². The van der Waals surface area contributed by atoms with Crippen LogP contribution in [0.4, 0.5) is 11.5 Å². The Bertz CT molecular complexity index is 478. The Kier molecular flexibility index (Phi) is 6.01. The lowest BCUT2D eigenvalue weighted by molar-refractivity contribution is 0.975. The minimum atomic E-state index is 0. The summed E-state index contributed by atoms with van der Waals surface area (Å²) in [6.45, 7) is 0. The number of benzene rings is 1. The van der Waals surface area contributed by atoms with Crippen LogP contribution in [0.5, 0.6) is 0 Å². The highest BCUT2D eigenvalue weighted by atomic mass is 127. The molecule has 6 heteroatoms. The molecule has 0 fully saturated rings. The average molecular weight is 380 g/mol. The van der Waals surface area contributed by atoms with E-state index in [9.17, 15) is 0 Å². The summed E-state index contributed by atoms with van der Waals surface area (Å²) in [4.78, 5) is 8.47. The first-order chi connectivity index (χ1) is 7.78. The number of rotatable bonds is 3. The van der Waals surface area contributed by atoms with Gasteiger partial charge in [-0.25, -0.2) is 9.97 Å². The molecule has 2 aromatic rings. The standard InChI is InChI=1S/C11H10IN3S.ClH/c1-16-11-13-7-6-10(15-11)14-9-4-2-8(12)3-5-9;/h2-7H,1H3,(H,13,14,15);1H. The van der Waals surface area contributed by atoms with Gasteiger partial charge in [0.25, 0.3) is 0 Å². The molecule has 0 bridgehead atoms. The van der Waals surface area contributed by atoms with Gasteiger partial charge in [0.15, 0.2) is 5.16 Å². The summed E-state index contributed by atoms with van der Waals surface area (Å²) in [5.74, 6) is 0.820. The molecular formula is C11H11ClIN3S. The van der Waals surface area contributed by atoms with E-state index in [-0.39, 0.29) is 12.4 Å². The molecule has 1 aromatic carbocycles. The van der Waals surface area contributed by atoms with Gasteiger partial charge in [0.05, 0.1) is 0 Å². The predicted octanol–water partition coefficient (Wildman–Crippen LogP) is 3.97. The Morgan fingerprint density at radius 1 is 1.18 bits per heavy atom. The molecule has 1 aromatic heterocycles. The molecule has 90 valence electrons. The number of nitrogens with one attached hydrogen (secondary N) is 1. The Labute approximate surface area is 124 Å². The van der Waals surface area contributed by atoms with Crippen LogP contribution >= 0.6 is 46.8 Å². The summed E-state index contributed by atoms with van der Waals surface area (Å²) < 4.78 is 1.22.